The second-order valence-electron chi connectivity index (χ2n) is 5.84. The lowest BCUT2D eigenvalue weighted by atomic mass is 10.2. The van der Waals surface area contributed by atoms with E-state index in [1.54, 1.807) is 0 Å². The minimum Gasteiger partial charge on any atom is -0.339 e. The number of nitrogens with zero attached hydrogens (tertiary/aromatic N) is 4. The topological polar surface area (TPSA) is 61.4 Å². The summed E-state index contributed by atoms with van der Waals surface area (Å²) in [5.41, 5.74) is 2.21. The zero-order valence-corrected chi connectivity index (χ0v) is 15.5. The first-order chi connectivity index (χ1) is 11.6. The lowest BCUT2D eigenvalue weighted by molar-refractivity contribution is -0.129. The molecular weight excluding hydrogens is 342 g/mol. The monoisotopic (exact) mass is 363 g/mol. The van der Waals surface area contributed by atoms with E-state index < -0.39 is 0 Å². The van der Waals surface area contributed by atoms with Gasteiger partial charge in [0.2, 0.25) is 11.0 Å². The first-order valence-corrected chi connectivity index (χ1v) is 9.67. The number of amides is 1. The van der Waals surface area contributed by atoms with E-state index in [2.05, 4.69) is 34.4 Å². The van der Waals surface area contributed by atoms with Crippen LogP contribution in [0.5, 0.6) is 0 Å². The Morgan fingerprint density at radius 2 is 1.92 bits per heavy atom. The number of anilines is 2. The summed E-state index contributed by atoms with van der Waals surface area (Å²) < 4.78 is 0.812. The standard InChI is InChI=1S/C16H21N5OS2/c1-12-3-5-13(6-4-12)17-15-18-19-16(24-15)23-11-14(22)21-9-7-20(2)8-10-21/h3-6H,7-11H2,1-2H3,(H,17,18). The number of nitrogens with one attached hydrogen (secondary N) is 1. The molecule has 1 aliphatic rings. The van der Waals surface area contributed by atoms with E-state index in [0.29, 0.717) is 5.75 Å². The van der Waals surface area contributed by atoms with Crippen molar-refractivity contribution in [3.8, 4) is 0 Å². The van der Waals surface area contributed by atoms with E-state index in [0.717, 1.165) is 41.3 Å². The van der Waals surface area contributed by atoms with Gasteiger partial charge in [-0.2, -0.15) is 0 Å². The van der Waals surface area contributed by atoms with Gasteiger partial charge in [0, 0.05) is 31.9 Å². The van der Waals surface area contributed by atoms with Gasteiger partial charge >= 0.3 is 0 Å². The molecule has 2 aromatic rings. The van der Waals surface area contributed by atoms with Gasteiger partial charge < -0.3 is 15.1 Å². The number of likely N-dealkylation sites (N-methyl/N-ethyl adjacent to an activating group) is 1. The van der Waals surface area contributed by atoms with E-state index in [1.807, 2.05) is 29.2 Å². The Morgan fingerprint density at radius 1 is 1.21 bits per heavy atom. The van der Waals surface area contributed by atoms with Crippen LogP contribution in [0.4, 0.5) is 10.8 Å². The summed E-state index contributed by atoms with van der Waals surface area (Å²) in [7, 11) is 2.08. The molecule has 0 bridgehead atoms. The smallest absolute Gasteiger partial charge is 0.233 e. The van der Waals surface area contributed by atoms with Gasteiger partial charge in [-0.05, 0) is 26.1 Å². The van der Waals surface area contributed by atoms with Crippen LogP contribution >= 0.6 is 23.1 Å². The van der Waals surface area contributed by atoms with Gasteiger partial charge in [-0.25, -0.2) is 0 Å². The number of aromatic nitrogens is 2. The van der Waals surface area contributed by atoms with Crippen molar-refractivity contribution in [2.24, 2.45) is 0 Å². The van der Waals surface area contributed by atoms with Crippen molar-refractivity contribution in [2.45, 2.75) is 11.3 Å². The van der Waals surface area contributed by atoms with Crippen molar-refractivity contribution >= 4 is 39.8 Å². The predicted octanol–water partition coefficient (Wildman–Crippen LogP) is 2.46. The Hall–Kier alpha value is -1.64. The largest absolute Gasteiger partial charge is 0.339 e. The fourth-order valence-electron chi connectivity index (χ4n) is 2.35. The van der Waals surface area contributed by atoms with E-state index in [-0.39, 0.29) is 5.91 Å². The van der Waals surface area contributed by atoms with Crippen molar-refractivity contribution in [1.29, 1.82) is 0 Å². The molecule has 0 saturated carbocycles. The highest BCUT2D eigenvalue weighted by Crippen LogP contribution is 2.28. The average molecular weight is 364 g/mol. The molecule has 128 valence electrons. The number of piperazine rings is 1. The molecule has 0 atom stereocenters. The Balaban J connectivity index is 1.49. The Kier molecular flexibility index (Phi) is 5.70. The third-order valence-corrected chi connectivity index (χ3v) is 5.84. The molecular formula is C16H21N5OS2. The van der Waals surface area contributed by atoms with Crippen LogP contribution in [0.15, 0.2) is 28.6 Å². The van der Waals surface area contributed by atoms with E-state index in [9.17, 15) is 4.79 Å². The molecule has 1 saturated heterocycles. The van der Waals surface area contributed by atoms with Gasteiger partial charge in [-0.3, -0.25) is 4.79 Å². The van der Waals surface area contributed by atoms with Crippen LogP contribution < -0.4 is 5.32 Å². The molecule has 0 unspecified atom stereocenters. The van der Waals surface area contributed by atoms with Gasteiger partial charge in [0.1, 0.15) is 0 Å². The highest BCUT2D eigenvalue weighted by Gasteiger charge is 2.19. The highest BCUT2D eigenvalue weighted by atomic mass is 32.2. The van der Waals surface area contributed by atoms with Crippen LogP contribution in [0, 0.1) is 6.92 Å². The second-order valence-corrected chi connectivity index (χ2v) is 8.04. The summed E-state index contributed by atoms with van der Waals surface area (Å²) in [6, 6.07) is 8.13. The van der Waals surface area contributed by atoms with E-state index in [4.69, 9.17) is 0 Å². The maximum Gasteiger partial charge on any atom is 0.233 e. The van der Waals surface area contributed by atoms with Crippen LogP contribution in [0.25, 0.3) is 0 Å². The fourth-order valence-corrected chi connectivity index (χ4v) is 4.02. The Labute approximate surface area is 150 Å². The SMILES string of the molecule is Cc1ccc(Nc2nnc(SCC(=O)N3CCN(C)CC3)s2)cc1. The summed E-state index contributed by atoms with van der Waals surface area (Å²) >= 11 is 2.93. The molecule has 3 rings (SSSR count). The van der Waals surface area contributed by atoms with Crippen LogP contribution in [-0.4, -0.2) is 64.9 Å². The summed E-state index contributed by atoms with van der Waals surface area (Å²) in [6.45, 7) is 5.57. The molecule has 1 aromatic heterocycles. The summed E-state index contributed by atoms with van der Waals surface area (Å²) in [4.78, 5) is 16.4. The van der Waals surface area contributed by atoms with Crippen LogP contribution in [0.1, 0.15) is 5.56 Å². The fraction of sp³-hybridized carbons (Fsp3) is 0.438. The number of rotatable bonds is 5. The molecule has 1 aromatic carbocycles. The molecule has 8 heteroatoms. The lowest BCUT2D eigenvalue weighted by Gasteiger charge is -2.32. The van der Waals surface area contributed by atoms with Gasteiger partial charge in [0.15, 0.2) is 4.34 Å². The van der Waals surface area contributed by atoms with E-state index >= 15 is 0 Å². The molecule has 24 heavy (non-hydrogen) atoms. The molecule has 1 N–H and O–H groups in total. The zero-order chi connectivity index (χ0) is 16.9. The van der Waals surface area contributed by atoms with Crippen LogP contribution in [-0.2, 0) is 4.79 Å². The third-order valence-electron chi connectivity index (χ3n) is 3.88. The van der Waals surface area contributed by atoms with Gasteiger partial charge in [0.05, 0.1) is 5.75 Å². The van der Waals surface area contributed by atoms with Crippen LogP contribution in [0.3, 0.4) is 0 Å². The molecule has 2 heterocycles. The molecule has 1 aliphatic heterocycles. The lowest BCUT2D eigenvalue weighted by Crippen LogP contribution is -2.47. The molecule has 1 fully saturated rings. The van der Waals surface area contributed by atoms with Gasteiger partial charge in [0.25, 0.3) is 0 Å². The van der Waals surface area contributed by atoms with Crippen molar-refractivity contribution in [1.82, 2.24) is 20.0 Å². The van der Waals surface area contributed by atoms with Gasteiger partial charge in [-0.1, -0.05) is 40.8 Å². The van der Waals surface area contributed by atoms with Crippen molar-refractivity contribution in [3.63, 3.8) is 0 Å². The Bertz CT molecular complexity index is 680. The Morgan fingerprint density at radius 3 is 2.62 bits per heavy atom. The first kappa shape index (κ1) is 17.2. The average Bonchev–Trinajstić information content (AvgIpc) is 3.03. The summed E-state index contributed by atoms with van der Waals surface area (Å²) in [6.07, 6.45) is 0. The van der Waals surface area contributed by atoms with E-state index in [1.165, 1.54) is 28.7 Å². The van der Waals surface area contributed by atoms with Crippen molar-refractivity contribution < 1.29 is 4.79 Å². The highest BCUT2D eigenvalue weighted by molar-refractivity contribution is 8.01. The third kappa shape index (κ3) is 4.68. The van der Waals surface area contributed by atoms with Crippen molar-refractivity contribution in [3.05, 3.63) is 29.8 Å². The number of carbonyl (C=O) groups is 1. The molecule has 6 nitrogen and oxygen atoms in total. The maximum absolute atomic E-state index is 12.2. The molecule has 0 radical (unpaired) electrons. The molecule has 0 spiro atoms. The number of thioether (sulfide) groups is 1. The number of carbonyl (C=O) groups excluding carboxylic acids is 1. The van der Waals surface area contributed by atoms with Crippen LogP contribution in [0.2, 0.25) is 0 Å². The summed E-state index contributed by atoms with van der Waals surface area (Å²) in [5, 5.41) is 12.3. The summed E-state index contributed by atoms with van der Waals surface area (Å²) in [5.74, 6) is 0.597. The predicted molar refractivity (Wildman–Crippen MR) is 99.2 cm³/mol. The second kappa shape index (κ2) is 7.96. The van der Waals surface area contributed by atoms with Gasteiger partial charge in [-0.15, -0.1) is 10.2 Å². The normalized spacial score (nSPS) is 15.5. The number of benzene rings is 1. The number of hydrogen-bond donors (Lipinski definition) is 1. The molecule has 1 amide bonds. The molecule has 0 aliphatic carbocycles. The maximum atomic E-state index is 12.2. The minimum atomic E-state index is 0.177. The van der Waals surface area contributed by atoms with Crippen molar-refractivity contribution in [2.75, 3.05) is 44.3 Å². The number of aryl methyl sites for hydroxylation is 1. The zero-order valence-electron chi connectivity index (χ0n) is 13.9. The minimum absolute atomic E-state index is 0.177. The quantitative estimate of drug-likeness (QED) is 0.824. The number of hydrogen-bond acceptors (Lipinski definition) is 7. The first-order valence-electron chi connectivity index (χ1n) is 7.86.